The number of carboxylic acid groups (broad SMARTS) is 1. The van der Waals surface area contributed by atoms with Gasteiger partial charge in [-0.2, -0.15) is 0 Å². The maximum Gasteiger partial charge on any atom is 0.339 e. The van der Waals surface area contributed by atoms with Gasteiger partial charge in [0.05, 0.1) is 11.0 Å². The second-order valence-corrected chi connectivity index (χ2v) is 4.68. The van der Waals surface area contributed by atoms with Crippen LogP contribution in [0.1, 0.15) is 37.0 Å². The van der Waals surface area contributed by atoms with E-state index in [0.717, 1.165) is 25.1 Å². The van der Waals surface area contributed by atoms with Crippen LogP contribution in [-0.4, -0.2) is 38.7 Å². The number of carbonyl (C=O) groups is 1. The number of pyridine rings is 1. The van der Waals surface area contributed by atoms with Crippen molar-refractivity contribution in [1.29, 1.82) is 0 Å². The van der Waals surface area contributed by atoms with Crippen molar-refractivity contribution in [3.05, 3.63) is 27.9 Å². The van der Waals surface area contributed by atoms with E-state index in [1.807, 2.05) is 13.8 Å². The van der Waals surface area contributed by atoms with Crippen LogP contribution in [0, 0.1) is 16.0 Å². The van der Waals surface area contributed by atoms with Crippen molar-refractivity contribution in [2.24, 2.45) is 5.92 Å². The van der Waals surface area contributed by atoms with E-state index in [1.54, 1.807) is 0 Å². The van der Waals surface area contributed by atoms with Gasteiger partial charge in [0.1, 0.15) is 17.6 Å². The molecule has 0 radical (unpaired) electrons. The minimum Gasteiger partial charge on any atom is -0.478 e. The van der Waals surface area contributed by atoms with E-state index in [9.17, 15) is 20.0 Å². The van der Waals surface area contributed by atoms with Gasteiger partial charge in [-0.25, -0.2) is 9.78 Å². The van der Waals surface area contributed by atoms with E-state index in [2.05, 4.69) is 10.3 Å². The number of aliphatic hydroxyl groups excluding tert-OH is 1. The van der Waals surface area contributed by atoms with Crippen LogP contribution >= 0.6 is 0 Å². The molecule has 1 heterocycles. The Hall–Kier alpha value is -2.22. The Morgan fingerprint density at radius 3 is 2.57 bits per heavy atom. The van der Waals surface area contributed by atoms with E-state index in [1.165, 1.54) is 0 Å². The number of aromatic nitrogens is 1. The molecule has 1 rings (SSSR count). The molecule has 0 fully saturated rings. The fourth-order valence-corrected chi connectivity index (χ4v) is 2.06. The van der Waals surface area contributed by atoms with Crippen LogP contribution in [0.15, 0.2) is 12.3 Å². The lowest BCUT2D eigenvalue weighted by Crippen LogP contribution is -2.28. The lowest BCUT2D eigenvalue weighted by atomic mass is 9.96. The average molecular weight is 297 g/mol. The molecule has 3 N–H and O–H groups in total. The molecule has 0 aliphatic rings. The summed E-state index contributed by atoms with van der Waals surface area (Å²) in [6, 6.07) is 0.946. The van der Waals surface area contributed by atoms with Crippen molar-refractivity contribution in [3.63, 3.8) is 0 Å². The first kappa shape index (κ1) is 16.8. The van der Waals surface area contributed by atoms with Crippen molar-refractivity contribution in [2.45, 2.75) is 32.8 Å². The summed E-state index contributed by atoms with van der Waals surface area (Å²) in [7, 11) is 0. The first-order chi connectivity index (χ1) is 9.90. The highest BCUT2D eigenvalue weighted by molar-refractivity contribution is 5.93. The van der Waals surface area contributed by atoms with E-state index in [-0.39, 0.29) is 23.8 Å². The van der Waals surface area contributed by atoms with E-state index in [0.29, 0.717) is 0 Å². The minimum atomic E-state index is -1.31. The highest BCUT2D eigenvalue weighted by atomic mass is 16.6. The summed E-state index contributed by atoms with van der Waals surface area (Å²) in [6.07, 6.45) is 1.95. The van der Waals surface area contributed by atoms with Gasteiger partial charge >= 0.3 is 5.97 Å². The molecule has 1 atom stereocenters. The highest BCUT2D eigenvalue weighted by Crippen LogP contribution is 2.20. The Bertz CT molecular complexity index is 517. The predicted octanol–water partition coefficient (Wildman–Crippen LogP) is 1.90. The zero-order valence-corrected chi connectivity index (χ0v) is 11.9. The molecule has 21 heavy (non-hydrogen) atoms. The summed E-state index contributed by atoms with van der Waals surface area (Å²) >= 11 is 0. The van der Waals surface area contributed by atoms with Gasteiger partial charge in [0.2, 0.25) is 0 Å². The van der Waals surface area contributed by atoms with Gasteiger partial charge in [0.15, 0.2) is 0 Å². The monoisotopic (exact) mass is 297 g/mol. The maximum absolute atomic E-state index is 11.1. The van der Waals surface area contributed by atoms with Gasteiger partial charge < -0.3 is 15.5 Å². The molecule has 0 amide bonds. The van der Waals surface area contributed by atoms with Crippen LogP contribution in [0.25, 0.3) is 0 Å². The SMILES string of the molecule is CCC(CC)C(O)CNc1ncc([N+](=O)[O-])cc1C(=O)O. The maximum atomic E-state index is 11.1. The van der Waals surface area contributed by atoms with Crippen molar-refractivity contribution >= 4 is 17.5 Å². The largest absolute Gasteiger partial charge is 0.478 e. The van der Waals surface area contributed by atoms with Gasteiger partial charge in [-0.15, -0.1) is 0 Å². The van der Waals surface area contributed by atoms with Crippen molar-refractivity contribution in [1.82, 2.24) is 4.98 Å². The highest BCUT2D eigenvalue weighted by Gasteiger charge is 2.20. The molecule has 0 bridgehead atoms. The molecule has 8 nitrogen and oxygen atoms in total. The summed E-state index contributed by atoms with van der Waals surface area (Å²) < 4.78 is 0. The van der Waals surface area contributed by atoms with E-state index < -0.39 is 22.7 Å². The van der Waals surface area contributed by atoms with Crippen LogP contribution in [0.5, 0.6) is 0 Å². The Morgan fingerprint density at radius 1 is 1.48 bits per heavy atom. The number of nitrogens with one attached hydrogen (secondary N) is 1. The van der Waals surface area contributed by atoms with Crippen molar-refractivity contribution < 1.29 is 19.9 Å². The molecule has 1 aromatic heterocycles. The zero-order valence-electron chi connectivity index (χ0n) is 11.9. The molecule has 8 heteroatoms. The fraction of sp³-hybridized carbons (Fsp3) is 0.538. The van der Waals surface area contributed by atoms with Gasteiger partial charge in [-0.3, -0.25) is 10.1 Å². The Kier molecular flexibility index (Phi) is 6.04. The molecule has 0 saturated carbocycles. The molecule has 0 spiro atoms. The van der Waals surface area contributed by atoms with Crippen LogP contribution < -0.4 is 5.32 Å². The zero-order chi connectivity index (χ0) is 16.0. The smallest absolute Gasteiger partial charge is 0.339 e. The quantitative estimate of drug-likeness (QED) is 0.494. The normalized spacial score (nSPS) is 12.2. The summed E-state index contributed by atoms with van der Waals surface area (Å²) in [6.45, 7) is 4.06. The number of hydrogen-bond acceptors (Lipinski definition) is 6. The number of nitrogens with zero attached hydrogens (tertiary/aromatic N) is 2. The Balaban J connectivity index is 2.88. The first-order valence-electron chi connectivity index (χ1n) is 6.70. The predicted molar refractivity (Wildman–Crippen MR) is 76.4 cm³/mol. The Labute approximate surface area is 122 Å². The van der Waals surface area contributed by atoms with E-state index in [4.69, 9.17) is 5.11 Å². The number of anilines is 1. The van der Waals surface area contributed by atoms with Gasteiger partial charge in [0.25, 0.3) is 5.69 Å². The third-order valence-corrected chi connectivity index (χ3v) is 3.39. The molecule has 116 valence electrons. The third-order valence-electron chi connectivity index (χ3n) is 3.39. The standard InChI is InChI=1S/C13H19N3O5/c1-3-8(4-2)11(17)7-15-12-10(13(18)19)5-9(6-14-12)16(20)21/h5-6,8,11,17H,3-4,7H2,1-2H3,(H,14,15)(H,18,19). The van der Waals surface area contributed by atoms with Gasteiger partial charge in [-0.05, 0) is 5.92 Å². The third kappa shape index (κ3) is 4.38. The average Bonchev–Trinajstić information content (AvgIpc) is 2.45. The van der Waals surface area contributed by atoms with Crippen LogP contribution in [0.4, 0.5) is 11.5 Å². The van der Waals surface area contributed by atoms with Crippen LogP contribution in [0.3, 0.4) is 0 Å². The molecule has 1 unspecified atom stereocenters. The topological polar surface area (TPSA) is 126 Å². The van der Waals surface area contributed by atoms with Crippen molar-refractivity contribution in [3.8, 4) is 0 Å². The van der Waals surface area contributed by atoms with Crippen LogP contribution in [-0.2, 0) is 0 Å². The molecular weight excluding hydrogens is 278 g/mol. The summed E-state index contributed by atoms with van der Waals surface area (Å²) in [4.78, 5) is 24.8. The second kappa shape index (κ2) is 7.53. The Morgan fingerprint density at radius 2 is 2.10 bits per heavy atom. The summed E-state index contributed by atoms with van der Waals surface area (Å²) in [5.41, 5.74) is -0.681. The van der Waals surface area contributed by atoms with Gasteiger partial charge in [0, 0.05) is 12.6 Å². The molecule has 1 aromatic rings. The second-order valence-electron chi connectivity index (χ2n) is 4.68. The fourth-order valence-electron chi connectivity index (χ4n) is 2.06. The number of aliphatic hydroxyl groups is 1. The number of hydrogen-bond donors (Lipinski definition) is 3. The molecule has 0 aliphatic heterocycles. The van der Waals surface area contributed by atoms with Crippen LogP contribution in [0.2, 0.25) is 0 Å². The lowest BCUT2D eigenvalue weighted by molar-refractivity contribution is -0.385. The van der Waals surface area contributed by atoms with E-state index >= 15 is 0 Å². The number of carboxylic acids is 1. The van der Waals surface area contributed by atoms with Gasteiger partial charge in [-0.1, -0.05) is 26.7 Å². The molecule has 0 aliphatic carbocycles. The summed E-state index contributed by atoms with van der Waals surface area (Å²) in [5, 5.41) is 32.4. The minimum absolute atomic E-state index is 0.0121. The summed E-state index contributed by atoms with van der Waals surface area (Å²) in [5.74, 6) is -1.20. The molecule has 0 aromatic carbocycles. The lowest BCUT2D eigenvalue weighted by Gasteiger charge is -2.20. The number of nitro groups is 1. The number of rotatable bonds is 8. The van der Waals surface area contributed by atoms with Crippen molar-refractivity contribution in [2.75, 3.05) is 11.9 Å². The molecule has 0 saturated heterocycles. The molecular formula is C13H19N3O5. The first-order valence-corrected chi connectivity index (χ1v) is 6.70. The number of aromatic carboxylic acids is 1.